The largest absolute Gasteiger partial charge is 1.00 e. The highest BCUT2D eigenvalue weighted by atomic mass is 80.0. The van der Waals surface area contributed by atoms with Crippen molar-refractivity contribution in [1.29, 1.82) is 0 Å². The Morgan fingerprint density at radius 2 is 0.833 bits per heavy atom. The Labute approximate surface area is 81.2 Å². The lowest BCUT2D eigenvalue weighted by Crippen LogP contribution is -3.00. The summed E-state index contributed by atoms with van der Waals surface area (Å²) in [7, 11) is 0. The average molecular weight is 414 g/mol. The molecule has 0 aliphatic carbocycles. The van der Waals surface area contributed by atoms with Gasteiger partial charge >= 0.3 is 0 Å². The zero-order valence-corrected chi connectivity index (χ0v) is 10.3. The Morgan fingerprint density at radius 3 is 0.833 bits per heavy atom. The minimum atomic E-state index is 0. The van der Waals surface area contributed by atoms with Gasteiger partial charge in [-0.25, -0.2) is 0 Å². The SMILES string of the molecule is Br[N+](Br)(Br)Br.[Br-]. The molecule has 0 aromatic rings. The summed E-state index contributed by atoms with van der Waals surface area (Å²) in [5.41, 5.74) is 0. The van der Waals surface area contributed by atoms with E-state index in [1.54, 1.807) is 0 Å². The molecule has 0 aromatic heterocycles. The fourth-order valence-electron chi connectivity index (χ4n) is 0. The number of nitrogens with zero attached hydrogens (tertiary/aromatic N) is 1. The van der Waals surface area contributed by atoms with E-state index >= 15 is 0 Å². The Morgan fingerprint density at radius 1 is 0.833 bits per heavy atom. The molecule has 0 heterocycles. The number of quaternary nitrogens is 1. The predicted molar refractivity (Wildman–Crippen MR) is 36.0 cm³/mol. The van der Waals surface area contributed by atoms with Crippen molar-refractivity contribution in [2.75, 3.05) is 0 Å². The van der Waals surface area contributed by atoms with E-state index < -0.39 is 0 Å². The van der Waals surface area contributed by atoms with Gasteiger partial charge in [-0.1, -0.05) is 0.587 Å². The summed E-state index contributed by atoms with van der Waals surface area (Å²) in [5.74, 6) is 0. The number of hydrogen-bond acceptors (Lipinski definition) is 0. The van der Waals surface area contributed by atoms with Gasteiger partial charge in [-0.05, 0) is 0 Å². The first-order valence-electron chi connectivity index (χ1n) is 0.676. The molecular weight excluding hydrogens is 414 g/mol. The van der Waals surface area contributed by atoms with Crippen molar-refractivity contribution in [3.05, 3.63) is 0 Å². The average Bonchev–Trinajstić information content (AvgIpc) is 0.722. The van der Waals surface area contributed by atoms with Crippen LogP contribution in [0.5, 0.6) is 0 Å². The maximum absolute atomic E-state index is 3.06. The predicted octanol–water partition coefficient (Wildman–Crippen LogP) is 0.0468. The summed E-state index contributed by atoms with van der Waals surface area (Å²) in [6.45, 7) is 0. The molecule has 0 saturated carbocycles. The molecular formula is Br5N. The molecule has 0 aromatic carbocycles. The van der Waals surface area contributed by atoms with Gasteiger partial charge in [-0.15, -0.1) is 0 Å². The molecule has 0 aliphatic heterocycles. The Hall–Kier alpha value is 2.36. The van der Waals surface area contributed by atoms with Crippen LogP contribution in [0.15, 0.2) is 0 Å². The highest BCUT2D eigenvalue weighted by Gasteiger charge is 2.11. The number of hydrogen-bond donors (Lipinski definition) is 0. The second kappa shape index (κ2) is 4.26. The normalized spacial score (nSPS) is 10.0. The first kappa shape index (κ1) is 11.2. The van der Waals surface area contributed by atoms with E-state index in [-0.39, 0.29) is 17.6 Å². The van der Waals surface area contributed by atoms with Crippen LogP contribution in [0.2, 0.25) is 0 Å². The summed E-state index contributed by atoms with van der Waals surface area (Å²) in [6, 6.07) is 0. The summed E-state index contributed by atoms with van der Waals surface area (Å²) in [6.07, 6.45) is 0. The Kier molecular flexibility index (Phi) is 7.95. The zero-order chi connectivity index (χ0) is 4.50. The molecule has 0 bridgehead atoms. The third-order valence-electron chi connectivity index (χ3n) is 0. The van der Waals surface area contributed by atoms with Crippen LogP contribution in [-0.2, 0) is 0 Å². The lowest BCUT2D eigenvalue weighted by molar-refractivity contribution is -0.179. The van der Waals surface area contributed by atoms with E-state index in [0.29, 0.717) is 0 Å². The van der Waals surface area contributed by atoms with Crippen LogP contribution < -0.4 is 17.0 Å². The van der Waals surface area contributed by atoms with Crippen molar-refractivity contribution in [2.24, 2.45) is 0 Å². The van der Waals surface area contributed by atoms with E-state index in [4.69, 9.17) is 0 Å². The minimum Gasteiger partial charge on any atom is -1.00 e. The van der Waals surface area contributed by atoms with Crippen molar-refractivity contribution in [1.82, 2.24) is 0 Å². The van der Waals surface area contributed by atoms with Gasteiger partial charge in [0, 0.05) is 0 Å². The highest BCUT2D eigenvalue weighted by molar-refractivity contribution is 9.37. The molecule has 0 aliphatic rings. The maximum Gasteiger partial charge on any atom is 0.264 e. The zero-order valence-electron chi connectivity index (χ0n) is 2.34. The van der Waals surface area contributed by atoms with E-state index in [0.717, 1.165) is 0 Å². The monoisotopic (exact) mass is 409 g/mol. The van der Waals surface area contributed by atoms with Gasteiger partial charge in [0.25, 0.3) is 64.6 Å². The van der Waals surface area contributed by atoms with Gasteiger partial charge in [0.15, 0.2) is 0 Å². The van der Waals surface area contributed by atoms with Crippen LogP contribution in [0, 0.1) is 0 Å². The van der Waals surface area contributed by atoms with Crippen molar-refractivity contribution in [3.8, 4) is 0 Å². The van der Waals surface area contributed by atoms with Crippen LogP contribution in [0.3, 0.4) is 0 Å². The van der Waals surface area contributed by atoms with Crippen molar-refractivity contribution in [2.45, 2.75) is 0 Å². The van der Waals surface area contributed by atoms with E-state index in [9.17, 15) is 0 Å². The number of halogens is 5. The lowest BCUT2D eigenvalue weighted by atomic mass is 13.9. The smallest absolute Gasteiger partial charge is 0.264 e. The van der Waals surface area contributed by atoms with Crippen LogP contribution in [0.25, 0.3) is 0 Å². The molecule has 0 fully saturated rings. The van der Waals surface area contributed by atoms with Crippen LogP contribution in [0.4, 0.5) is 0 Å². The molecule has 6 heavy (non-hydrogen) atoms. The van der Waals surface area contributed by atoms with Crippen LogP contribution in [0.1, 0.15) is 0 Å². The molecule has 0 saturated heterocycles. The number of rotatable bonds is 0. The second-order valence-corrected chi connectivity index (χ2v) is 10.3. The van der Waals surface area contributed by atoms with E-state index in [2.05, 4.69) is 64.6 Å². The summed E-state index contributed by atoms with van der Waals surface area (Å²) in [4.78, 5) is 0. The highest BCUT2D eigenvalue weighted by Crippen LogP contribution is 2.34. The molecule has 0 atom stereocenters. The van der Waals surface area contributed by atoms with Gasteiger partial charge in [0.05, 0.1) is 0 Å². The summed E-state index contributed by atoms with van der Waals surface area (Å²) < 4.78 is 0.250. The van der Waals surface area contributed by atoms with Gasteiger partial charge in [0.2, 0.25) is 0 Å². The molecule has 0 N–H and O–H groups in total. The Bertz CT molecular complexity index is 19.4. The van der Waals surface area contributed by atoms with Gasteiger partial charge < -0.3 is 17.0 Å². The fraction of sp³-hybridized carbons (Fsp3) is 0. The molecule has 0 rings (SSSR count). The first-order chi connectivity index (χ1) is 2.00. The summed E-state index contributed by atoms with van der Waals surface area (Å²) in [5, 5.41) is 0. The van der Waals surface area contributed by atoms with Crippen molar-refractivity contribution < 1.29 is 17.6 Å². The van der Waals surface area contributed by atoms with Crippen LogP contribution in [-0.4, -0.2) is 0.587 Å². The quantitative estimate of drug-likeness (QED) is 0.493. The Balaban J connectivity index is 0. The third-order valence-corrected chi connectivity index (χ3v) is 0. The summed E-state index contributed by atoms with van der Waals surface area (Å²) >= 11 is 12.2. The van der Waals surface area contributed by atoms with Gasteiger partial charge in [-0.3, -0.25) is 0 Å². The third kappa shape index (κ3) is 32.8. The maximum atomic E-state index is 3.06. The lowest BCUT2D eigenvalue weighted by Gasteiger charge is -1.90. The molecule has 1 nitrogen and oxygen atoms in total. The molecule has 0 radical (unpaired) electrons. The molecule has 0 spiro atoms. The topological polar surface area (TPSA) is 0 Å². The van der Waals surface area contributed by atoms with E-state index in [1.165, 1.54) is 0 Å². The van der Waals surface area contributed by atoms with Crippen molar-refractivity contribution in [3.63, 3.8) is 0 Å². The van der Waals surface area contributed by atoms with Crippen molar-refractivity contribution >= 4 is 64.6 Å². The van der Waals surface area contributed by atoms with E-state index in [1.807, 2.05) is 0 Å². The fourth-order valence-corrected chi connectivity index (χ4v) is 0. The molecule has 6 heteroatoms. The standard InChI is InChI=1S/Br4N.BrH/c1-5(2,3)4;/h;1H/q+1;/p-1. The second-order valence-electron chi connectivity index (χ2n) is 0.383. The minimum absolute atomic E-state index is 0. The van der Waals surface area contributed by atoms with Crippen LogP contribution >= 0.6 is 64.6 Å². The van der Waals surface area contributed by atoms with Gasteiger partial charge in [0.1, 0.15) is 0 Å². The first-order valence-corrected chi connectivity index (χ1v) is 3.51. The molecule has 0 unspecified atom stereocenters. The van der Waals surface area contributed by atoms with Gasteiger partial charge in [-0.2, -0.15) is 0 Å². The molecule has 40 valence electrons. The molecule has 0 amide bonds.